The summed E-state index contributed by atoms with van der Waals surface area (Å²) in [5.74, 6) is 0.0978. The molecule has 2 heterocycles. The number of hydrogen-bond acceptors (Lipinski definition) is 5. The average molecular weight is 325 g/mol. The van der Waals surface area contributed by atoms with Gasteiger partial charge in [0.15, 0.2) is 11.5 Å². The second-order valence-corrected chi connectivity index (χ2v) is 5.76. The number of hydrogen-bond donors (Lipinski definition) is 2. The maximum atomic E-state index is 12.1. The van der Waals surface area contributed by atoms with E-state index in [0.717, 1.165) is 0 Å². The van der Waals surface area contributed by atoms with Crippen LogP contribution in [0.2, 0.25) is 0 Å². The molecule has 7 nitrogen and oxygen atoms in total. The van der Waals surface area contributed by atoms with Crippen molar-refractivity contribution in [3.63, 3.8) is 0 Å². The number of para-hydroxylation sites is 1. The fraction of sp³-hybridized carbons (Fsp3) is 0.294. The van der Waals surface area contributed by atoms with Gasteiger partial charge >= 0.3 is 0 Å². The van der Waals surface area contributed by atoms with Crippen molar-refractivity contribution in [3.8, 4) is 0 Å². The first-order valence-electron chi connectivity index (χ1n) is 7.88. The van der Waals surface area contributed by atoms with Crippen molar-refractivity contribution in [2.45, 2.75) is 12.8 Å². The Labute approximate surface area is 139 Å². The van der Waals surface area contributed by atoms with E-state index in [2.05, 4.69) is 15.5 Å². The minimum Gasteiger partial charge on any atom is -0.369 e. The molecular weight excluding hydrogens is 306 g/mol. The number of nitrogens with two attached hydrogens (primary N) is 1. The molecule has 24 heavy (non-hydrogen) atoms. The van der Waals surface area contributed by atoms with Crippen molar-refractivity contribution in [3.05, 3.63) is 48.2 Å². The molecule has 1 aliphatic heterocycles. The number of amides is 2. The predicted molar refractivity (Wildman–Crippen MR) is 90.6 cm³/mol. The van der Waals surface area contributed by atoms with E-state index < -0.39 is 0 Å². The molecule has 3 N–H and O–H groups in total. The molecule has 0 spiro atoms. The summed E-state index contributed by atoms with van der Waals surface area (Å²) in [6.07, 6.45) is 1.43. The van der Waals surface area contributed by atoms with Gasteiger partial charge in [-0.15, -0.1) is 10.2 Å². The van der Waals surface area contributed by atoms with Crippen molar-refractivity contribution < 1.29 is 9.59 Å². The van der Waals surface area contributed by atoms with Crippen LogP contribution in [0.3, 0.4) is 0 Å². The SMILES string of the molecule is NC(=O)C1CCN(c2ccc(C(=O)Nc3ccccc3)nn2)CC1. The number of piperidine rings is 1. The molecule has 0 aliphatic carbocycles. The van der Waals surface area contributed by atoms with Crippen molar-refractivity contribution in [2.24, 2.45) is 11.7 Å². The second-order valence-electron chi connectivity index (χ2n) is 5.76. The van der Waals surface area contributed by atoms with Crippen LogP contribution in [0.25, 0.3) is 0 Å². The largest absolute Gasteiger partial charge is 0.369 e. The summed E-state index contributed by atoms with van der Waals surface area (Å²) < 4.78 is 0. The Morgan fingerprint density at radius 3 is 2.33 bits per heavy atom. The summed E-state index contributed by atoms with van der Waals surface area (Å²) in [7, 11) is 0. The second kappa shape index (κ2) is 7.08. The third-order valence-corrected chi connectivity index (χ3v) is 4.14. The molecule has 1 saturated heterocycles. The molecule has 0 radical (unpaired) electrons. The number of benzene rings is 1. The summed E-state index contributed by atoms with van der Waals surface area (Å²) >= 11 is 0. The van der Waals surface area contributed by atoms with E-state index >= 15 is 0 Å². The average Bonchev–Trinajstić information content (AvgIpc) is 2.63. The maximum Gasteiger partial charge on any atom is 0.276 e. The van der Waals surface area contributed by atoms with Crippen LogP contribution in [0.15, 0.2) is 42.5 Å². The molecule has 0 unspecified atom stereocenters. The van der Waals surface area contributed by atoms with Crippen molar-refractivity contribution in [1.29, 1.82) is 0 Å². The Hall–Kier alpha value is -2.96. The monoisotopic (exact) mass is 325 g/mol. The molecule has 1 fully saturated rings. The van der Waals surface area contributed by atoms with Gasteiger partial charge in [0.25, 0.3) is 5.91 Å². The van der Waals surface area contributed by atoms with Gasteiger partial charge in [-0.3, -0.25) is 9.59 Å². The van der Waals surface area contributed by atoms with Gasteiger partial charge in [0.05, 0.1) is 0 Å². The molecule has 3 rings (SSSR count). The van der Waals surface area contributed by atoms with Gasteiger partial charge in [0.2, 0.25) is 5.91 Å². The van der Waals surface area contributed by atoms with Crippen LogP contribution < -0.4 is 16.0 Å². The topological polar surface area (TPSA) is 101 Å². The first-order chi connectivity index (χ1) is 11.6. The van der Waals surface area contributed by atoms with E-state index in [-0.39, 0.29) is 23.4 Å². The minimum absolute atomic E-state index is 0.0647. The minimum atomic E-state index is -0.298. The van der Waals surface area contributed by atoms with Crippen molar-refractivity contribution in [1.82, 2.24) is 10.2 Å². The molecular formula is C17H19N5O2. The summed E-state index contributed by atoms with van der Waals surface area (Å²) in [5, 5.41) is 10.9. The number of nitrogens with one attached hydrogen (secondary N) is 1. The van der Waals surface area contributed by atoms with E-state index in [4.69, 9.17) is 5.73 Å². The van der Waals surface area contributed by atoms with Crippen LogP contribution in [0.4, 0.5) is 11.5 Å². The Morgan fingerprint density at radius 2 is 1.75 bits per heavy atom. The van der Waals surface area contributed by atoms with Crippen LogP contribution in [0.1, 0.15) is 23.3 Å². The fourth-order valence-corrected chi connectivity index (χ4v) is 2.72. The zero-order chi connectivity index (χ0) is 16.9. The third-order valence-electron chi connectivity index (χ3n) is 4.14. The standard InChI is InChI=1S/C17H19N5O2/c18-16(23)12-8-10-22(11-9-12)15-7-6-14(20-21-15)17(24)19-13-4-2-1-3-5-13/h1-7,12H,8-11H2,(H2,18,23)(H,19,24). The van der Waals surface area contributed by atoms with Gasteiger partial charge in [0, 0.05) is 24.7 Å². The lowest BCUT2D eigenvalue weighted by atomic mass is 9.96. The Kier molecular flexibility index (Phi) is 4.69. The highest BCUT2D eigenvalue weighted by Gasteiger charge is 2.24. The summed E-state index contributed by atoms with van der Waals surface area (Å²) in [4.78, 5) is 25.4. The van der Waals surface area contributed by atoms with E-state index in [1.165, 1.54) is 0 Å². The lowest BCUT2D eigenvalue weighted by Gasteiger charge is -2.31. The van der Waals surface area contributed by atoms with E-state index in [0.29, 0.717) is 37.4 Å². The van der Waals surface area contributed by atoms with Crippen LogP contribution in [0, 0.1) is 5.92 Å². The van der Waals surface area contributed by atoms with Crippen molar-refractivity contribution >= 4 is 23.3 Å². The first kappa shape index (κ1) is 15.9. The number of primary amides is 1. The number of rotatable bonds is 4. The van der Waals surface area contributed by atoms with Crippen molar-refractivity contribution in [2.75, 3.05) is 23.3 Å². The van der Waals surface area contributed by atoms with Crippen LogP contribution in [-0.4, -0.2) is 35.1 Å². The van der Waals surface area contributed by atoms with Gasteiger partial charge in [-0.25, -0.2) is 0 Å². The normalized spacial score (nSPS) is 15.1. The predicted octanol–water partition coefficient (Wildman–Crippen LogP) is 1.43. The zero-order valence-electron chi connectivity index (χ0n) is 13.2. The van der Waals surface area contributed by atoms with E-state index in [1.54, 1.807) is 12.1 Å². The smallest absolute Gasteiger partial charge is 0.276 e. The molecule has 0 bridgehead atoms. The number of carbonyl (C=O) groups excluding carboxylic acids is 2. The first-order valence-corrected chi connectivity index (χ1v) is 7.88. The van der Waals surface area contributed by atoms with E-state index in [1.807, 2.05) is 35.2 Å². The summed E-state index contributed by atoms with van der Waals surface area (Å²) in [6.45, 7) is 1.41. The van der Waals surface area contributed by atoms with Gasteiger partial charge in [-0.05, 0) is 37.1 Å². The van der Waals surface area contributed by atoms with Crippen LogP contribution in [-0.2, 0) is 4.79 Å². The third kappa shape index (κ3) is 3.68. The highest BCUT2D eigenvalue weighted by atomic mass is 16.2. The van der Waals surface area contributed by atoms with Gasteiger partial charge in [0.1, 0.15) is 0 Å². The van der Waals surface area contributed by atoms with Crippen LogP contribution >= 0.6 is 0 Å². The fourth-order valence-electron chi connectivity index (χ4n) is 2.72. The molecule has 1 aliphatic rings. The van der Waals surface area contributed by atoms with Gasteiger partial charge in [-0.1, -0.05) is 18.2 Å². The summed E-state index contributed by atoms with van der Waals surface area (Å²) in [5.41, 5.74) is 6.31. The quantitative estimate of drug-likeness (QED) is 0.885. The highest BCUT2D eigenvalue weighted by Crippen LogP contribution is 2.21. The maximum absolute atomic E-state index is 12.1. The number of carbonyl (C=O) groups is 2. The zero-order valence-corrected chi connectivity index (χ0v) is 13.2. The number of anilines is 2. The molecule has 1 aromatic heterocycles. The molecule has 2 amide bonds. The number of aromatic nitrogens is 2. The molecule has 2 aromatic rings. The highest BCUT2D eigenvalue weighted by molar-refractivity contribution is 6.02. The molecule has 1 aromatic carbocycles. The lowest BCUT2D eigenvalue weighted by Crippen LogP contribution is -2.39. The summed E-state index contributed by atoms with van der Waals surface area (Å²) in [6, 6.07) is 12.6. The molecule has 124 valence electrons. The van der Waals surface area contributed by atoms with E-state index in [9.17, 15) is 9.59 Å². The molecule has 7 heteroatoms. The Balaban J connectivity index is 1.61. The Bertz CT molecular complexity index is 710. The number of nitrogens with zero attached hydrogens (tertiary/aromatic N) is 3. The molecule has 0 saturated carbocycles. The lowest BCUT2D eigenvalue weighted by molar-refractivity contribution is -0.122. The Morgan fingerprint density at radius 1 is 1.04 bits per heavy atom. The van der Waals surface area contributed by atoms with Crippen LogP contribution in [0.5, 0.6) is 0 Å². The molecule has 0 atom stereocenters. The van der Waals surface area contributed by atoms with Gasteiger partial charge in [-0.2, -0.15) is 0 Å². The van der Waals surface area contributed by atoms with Gasteiger partial charge < -0.3 is 16.0 Å².